The van der Waals surface area contributed by atoms with Crippen LogP contribution in [0.15, 0.2) is 42.6 Å². The molecular weight excluding hydrogens is 318 g/mol. The first-order valence-electron chi connectivity index (χ1n) is 8.47. The minimum absolute atomic E-state index is 0.0997. The number of nitrogens with zero attached hydrogens (tertiary/aromatic N) is 3. The van der Waals surface area contributed by atoms with Crippen LogP contribution >= 0.6 is 0 Å². The second-order valence-corrected chi connectivity index (χ2v) is 6.10. The third-order valence-corrected chi connectivity index (χ3v) is 4.24. The highest BCUT2D eigenvalue weighted by molar-refractivity contribution is 5.75. The first kappa shape index (κ1) is 17.2. The number of carbonyl (C=O) groups is 1. The van der Waals surface area contributed by atoms with Crippen LogP contribution in [0.2, 0.25) is 0 Å². The van der Waals surface area contributed by atoms with E-state index in [2.05, 4.69) is 20.4 Å². The molecule has 1 aromatic heterocycles. The third-order valence-electron chi connectivity index (χ3n) is 4.24. The number of hydrogen-bond acceptors (Lipinski definition) is 6. The van der Waals surface area contributed by atoms with E-state index in [-0.39, 0.29) is 6.61 Å². The average molecular weight is 341 g/mol. The zero-order chi connectivity index (χ0) is 17.5. The summed E-state index contributed by atoms with van der Waals surface area (Å²) in [5.41, 5.74) is 6.23. The molecule has 1 amide bonds. The summed E-state index contributed by atoms with van der Waals surface area (Å²) in [5, 5.41) is 11.7. The average Bonchev–Trinajstić information content (AvgIpc) is 3.10. The van der Waals surface area contributed by atoms with E-state index in [0.29, 0.717) is 11.8 Å². The van der Waals surface area contributed by atoms with E-state index >= 15 is 0 Å². The smallest absolute Gasteiger partial charge is 0.255 e. The van der Waals surface area contributed by atoms with Gasteiger partial charge in [-0.25, -0.2) is 0 Å². The van der Waals surface area contributed by atoms with Crippen LogP contribution in [0.4, 0.5) is 5.82 Å². The predicted molar refractivity (Wildman–Crippen MR) is 95.2 cm³/mol. The van der Waals surface area contributed by atoms with Crippen LogP contribution in [0.5, 0.6) is 5.75 Å². The summed E-state index contributed by atoms with van der Waals surface area (Å²) in [6.45, 7) is 2.60. The highest BCUT2D eigenvalue weighted by atomic mass is 16.5. The van der Waals surface area contributed by atoms with Gasteiger partial charge in [-0.05, 0) is 42.7 Å². The summed E-state index contributed by atoms with van der Waals surface area (Å²) in [7, 11) is 0. The SMILES string of the molecule is NC(=O)COc1ccc(CNCC2CCCN2c2cccnn2)cc1. The molecule has 1 aliphatic rings. The Balaban J connectivity index is 1.46. The Morgan fingerprint density at radius 1 is 1.32 bits per heavy atom. The highest BCUT2D eigenvalue weighted by Gasteiger charge is 2.25. The number of primary amides is 1. The van der Waals surface area contributed by atoms with Gasteiger partial charge in [0, 0.05) is 31.9 Å². The van der Waals surface area contributed by atoms with Gasteiger partial charge in [-0.15, -0.1) is 5.10 Å². The molecule has 1 saturated heterocycles. The number of amides is 1. The number of ether oxygens (including phenoxy) is 1. The fourth-order valence-electron chi connectivity index (χ4n) is 3.04. The molecule has 7 nitrogen and oxygen atoms in total. The number of aromatic nitrogens is 2. The topological polar surface area (TPSA) is 93.4 Å². The minimum atomic E-state index is -0.477. The van der Waals surface area contributed by atoms with Gasteiger partial charge >= 0.3 is 0 Å². The summed E-state index contributed by atoms with van der Waals surface area (Å²) in [6, 6.07) is 12.0. The first-order valence-corrected chi connectivity index (χ1v) is 8.47. The number of hydrogen-bond donors (Lipinski definition) is 2. The van der Waals surface area contributed by atoms with Crippen molar-refractivity contribution >= 4 is 11.7 Å². The van der Waals surface area contributed by atoms with Crippen LogP contribution in [0.3, 0.4) is 0 Å². The maximum absolute atomic E-state index is 10.7. The number of rotatable bonds is 8. The van der Waals surface area contributed by atoms with Gasteiger partial charge in [0.25, 0.3) is 5.91 Å². The predicted octanol–water partition coefficient (Wildman–Crippen LogP) is 1.10. The lowest BCUT2D eigenvalue weighted by Gasteiger charge is -2.25. The Bertz CT molecular complexity index is 678. The van der Waals surface area contributed by atoms with E-state index in [1.165, 1.54) is 6.42 Å². The van der Waals surface area contributed by atoms with Gasteiger partial charge in [0.05, 0.1) is 0 Å². The zero-order valence-electron chi connectivity index (χ0n) is 14.1. The van der Waals surface area contributed by atoms with Crippen LogP contribution in [-0.2, 0) is 11.3 Å². The molecule has 0 radical (unpaired) electrons. The number of anilines is 1. The van der Waals surface area contributed by atoms with Gasteiger partial charge in [-0.3, -0.25) is 4.79 Å². The Hall–Kier alpha value is -2.67. The molecule has 3 rings (SSSR count). The number of nitrogens with two attached hydrogens (primary N) is 1. The molecule has 25 heavy (non-hydrogen) atoms. The van der Waals surface area contributed by atoms with Crippen LogP contribution in [0.1, 0.15) is 18.4 Å². The number of carbonyl (C=O) groups excluding carboxylic acids is 1. The summed E-state index contributed by atoms with van der Waals surface area (Å²) in [4.78, 5) is 13.0. The Morgan fingerprint density at radius 3 is 2.88 bits per heavy atom. The minimum Gasteiger partial charge on any atom is -0.484 e. The van der Waals surface area contributed by atoms with Crippen LogP contribution < -0.4 is 20.7 Å². The number of nitrogens with one attached hydrogen (secondary N) is 1. The standard InChI is InChI=1S/C18H23N5O2/c19-17(24)13-25-16-7-5-14(6-8-16)11-20-12-15-3-2-10-23(15)18-4-1-9-21-22-18/h1,4-9,15,20H,2-3,10-13H2,(H2,19,24). The Kier molecular flexibility index (Phi) is 5.79. The van der Waals surface area contributed by atoms with Gasteiger partial charge in [0.2, 0.25) is 0 Å². The molecule has 1 fully saturated rings. The van der Waals surface area contributed by atoms with Crippen LogP contribution in [0.25, 0.3) is 0 Å². The second-order valence-electron chi connectivity index (χ2n) is 6.10. The molecule has 0 saturated carbocycles. The molecule has 2 aromatic rings. The van der Waals surface area contributed by atoms with Gasteiger partial charge in [-0.1, -0.05) is 12.1 Å². The second kappa shape index (κ2) is 8.43. The summed E-state index contributed by atoms with van der Waals surface area (Å²) < 4.78 is 5.26. The molecule has 1 atom stereocenters. The van der Waals surface area contributed by atoms with Crippen LogP contribution in [-0.4, -0.2) is 41.8 Å². The summed E-state index contributed by atoms with van der Waals surface area (Å²) >= 11 is 0. The lowest BCUT2D eigenvalue weighted by molar-refractivity contribution is -0.119. The zero-order valence-corrected chi connectivity index (χ0v) is 14.1. The molecule has 2 heterocycles. The van der Waals surface area contributed by atoms with E-state index < -0.39 is 5.91 Å². The lowest BCUT2D eigenvalue weighted by atomic mass is 10.2. The van der Waals surface area contributed by atoms with E-state index in [1.807, 2.05) is 36.4 Å². The molecule has 0 bridgehead atoms. The van der Waals surface area contributed by atoms with E-state index in [0.717, 1.165) is 37.4 Å². The van der Waals surface area contributed by atoms with E-state index in [9.17, 15) is 4.79 Å². The molecule has 1 aliphatic heterocycles. The normalized spacial score (nSPS) is 16.8. The van der Waals surface area contributed by atoms with Gasteiger partial charge in [0.1, 0.15) is 5.75 Å². The highest BCUT2D eigenvalue weighted by Crippen LogP contribution is 2.22. The van der Waals surface area contributed by atoms with Gasteiger partial charge in [-0.2, -0.15) is 5.10 Å². The fraction of sp³-hybridized carbons (Fsp3) is 0.389. The van der Waals surface area contributed by atoms with E-state index in [4.69, 9.17) is 10.5 Å². The van der Waals surface area contributed by atoms with Crippen molar-refractivity contribution in [2.24, 2.45) is 5.73 Å². The summed E-state index contributed by atoms with van der Waals surface area (Å²) in [6.07, 6.45) is 4.03. The van der Waals surface area contributed by atoms with Crippen molar-refractivity contribution in [2.75, 3.05) is 24.6 Å². The molecule has 132 valence electrons. The number of benzene rings is 1. The molecule has 0 spiro atoms. The van der Waals surface area contributed by atoms with Crippen molar-refractivity contribution in [1.29, 1.82) is 0 Å². The third kappa shape index (κ3) is 4.90. The maximum atomic E-state index is 10.7. The van der Waals surface area contributed by atoms with Crippen molar-refractivity contribution in [3.63, 3.8) is 0 Å². The molecular formula is C18H23N5O2. The van der Waals surface area contributed by atoms with Crippen molar-refractivity contribution in [3.8, 4) is 5.75 Å². The van der Waals surface area contributed by atoms with Crippen molar-refractivity contribution in [2.45, 2.75) is 25.4 Å². The van der Waals surface area contributed by atoms with E-state index in [1.54, 1.807) is 6.20 Å². The first-order chi connectivity index (χ1) is 12.2. The van der Waals surface area contributed by atoms with Gasteiger partial charge < -0.3 is 20.7 Å². The molecule has 7 heteroatoms. The monoisotopic (exact) mass is 341 g/mol. The molecule has 3 N–H and O–H groups in total. The van der Waals surface area contributed by atoms with Crippen molar-refractivity contribution < 1.29 is 9.53 Å². The maximum Gasteiger partial charge on any atom is 0.255 e. The van der Waals surface area contributed by atoms with Crippen LogP contribution in [0, 0.1) is 0 Å². The Morgan fingerprint density at radius 2 is 2.16 bits per heavy atom. The fourth-order valence-corrected chi connectivity index (χ4v) is 3.04. The Labute approximate surface area is 147 Å². The van der Waals surface area contributed by atoms with Crippen molar-refractivity contribution in [3.05, 3.63) is 48.2 Å². The molecule has 1 unspecified atom stereocenters. The van der Waals surface area contributed by atoms with Gasteiger partial charge in [0.15, 0.2) is 12.4 Å². The lowest BCUT2D eigenvalue weighted by Crippen LogP contribution is -2.38. The summed E-state index contributed by atoms with van der Waals surface area (Å²) in [5.74, 6) is 1.12. The molecule has 0 aliphatic carbocycles. The van der Waals surface area contributed by atoms with Crippen molar-refractivity contribution in [1.82, 2.24) is 15.5 Å². The quantitative estimate of drug-likeness (QED) is 0.747. The molecule has 1 aromatic carbocycles. The largest absolute Gasteiger partial charge is 0.484 e.